The molecule has 0 aromatic carbocycles. The van der Waals surface area contributed by atoms with Crippen molar-refractivity contribution in [3.05, 3.63) is 23.7 Å². The zero-order chi connectivity index (χ0) is 14.8. The molecule has 0 amide bonds. The second-order valence-electron chi connectivity index (χ2n) is 4.10. The fourth-order valence-corrected chi connectivity index (χ4v) is 2.33. The summed E-state index contributed by atoms with van der Waals surface area (Å²) >= 11 is 0. The molecule has 0 saturated carbocycles. The highest BCUT2D eigenvalue weighted by Gasteiger charge is 2.19. The maximum absolute atomic E-state index is 12.1. The minimum atomic E-state index is -3.79. The topological polar surface area (TPSA) is 110 Å². The van der Waals surface area contributed by atoms with Crippen molar-refractivity contribution in [2.75, 3.05) is 16.6 Å². The summed E-state index contributed by atoms with van der Waals surface area (Å²) in [5, 5.41) is 6.57. The highest BCUT2D eigenvalue weighted by Crippen LogP contribution is 2.21. The Morgan fingerprint density at radius 1 is 1.25 bits per heavy atom. The minimum Gasteiger partial charge on any atom is -0.355 e. The van der Waals surface area contributed by atoms with Crippen LogP contribution in [-0.2, 0) is 10.0 Å². The quantitative estimate of drug-likeness (QED) is 0.856. The number of aromatic nitrogens is 3. The van der Waals surface area contributed by atoms with E-state index in [1.807, 2.05) is 6.92 Å². The maximum Gasteiger partial charge on any atom is 0.267 e. The van der Waals surface area contributed by atoms with Crippen molar-refractivity contribution >= 4 is 21.9 Å². The molecule has 0 atom stereocenters. The number of hydrogen-bond acceptors (Lipinski definition) is 7. The number of nitrogens with one attached hydrogen (secondary N) is 2. The lowest BCUT2D eigenvalue weighted by atomic mass is 10.3. The van der Waals surface area contributed by atoms with Gasteiger partial charge in [-0.15, -0.1) is 0 Å². The summed E-state index contributed by atoms with van der Waals surface area (Å²) in [5.74, 6) is 0.469. The Labute approximate surface area is 116 Å². The maximum atomic E-state index is 12.1. The predicted octanol–water partition coefficient (Wildman–Crippen LogP) is 1.31. The van der Waals surface area contributed by atoms with E-state index < -0.39 is 10.0 Å². The van der Waals surface area contributed by atoms with Crippen LogP contribution in [0.2, 0.25) is 0 Å². The van der Waals surface area contributed by atoms with Gasteiger partial charge in [-0.2, -0.15) is 0 Å². The van der Waals surface area contributed by atoms with Crippen molar-refractivity contribution in [1.29, 1.82) is 0 Å². The zero-order valence-corrected chi connectivity index (χ0v) is 12.2. The van der Waals surface area contributed by atoms with E-state index in [4.69, 9.17) is 4.52 Å². The fourth-order valence-electron chi connectivity index (χ4n) is 1.40. The molecule has 0 aliphatic carbocycles. The van der Waals surface area contributed by atoms with Gasteiger partial charge in [-0.25, -0.2) is 23.1 Å². The molecular formula is C11H15N5O3S. The van der Waals surface area contributed by atoms with Crippen LogP contribution in [0.3, 0.4) is 0 Å². The third-order valence-corrected chi connectivity index (χ3v) is 3.94. The molecular weight excluding hydrogens is 282 g/mol. The number of anilines is 2. The smallest absolute Gasteiger partial charge is 0.267 e. The highest BCUT2D eigenvalue weighted by atomic mass is 32.2. The van der Waals surface area contributed by atoms with Crippen molar-refractivity contribution in [3.63, 3.8) is 0 Å². The van der Waals surface area contributed by atoms with Gasteiger partial charge in [-0.05, 0) is 20.8 Å². The van der Waals surface area contributed by atoms with E-state index in [1.54, 1.807) is 13.8 Å². The third-order valence-electron chi connectivity index (χ3n) is 2.66. The average molecular weight is 297 g/mol. The van der Waals surface area contributed by atoms with Gasteiger partial charge in [0.15, 0.2) is 0 Å². The molecule has 2 aromatic rings. The summed E-state index contributed by atoms with van der Waals surface area (Å²) < 4.78 is 31.5. The lowest BCUT2D eigenvalue weighted by molar-refractivity contribution is 0.430. The van der Waals surface area contributed by atoms with Crippen LogP contribution in [0.1, 0.15) is 18.2 Å². The third kappa shape index (κ3) is 2.87. The Morgan fingerprint density at radius 2 is 1.90 bits per heavy atom. The largest absolute Gasteiger partial charge is 0.355 e. The van der Waals surface area contributed by atoms with Gasteiger partial charge in [0.05, 0.1) is 18.1 Å². The highest BCUT2D eigenvalue weighted by molar-refractivity contribution is 7.92. The van der Waals surface area contributed by atoms with Gasteiger partial charge in [0.1, 0.15) is 4.90 Å². The molecule has 0 aliphatic rings. The first-order valence-corrected chi connectivity index (χ1v) is 7.44. The molecule has 2 rings (SSSR count). The number of sulfonamides is 1. The Bertz CT molecular complexity index is 693. The molecule has 9 heteroatoms. The van der Waals surface area contributed by atoms with Crippen LogP contribution >= 0.6 is 0 Å². The molecule has 8 nitrogen and oxygen atoms in total. The van der Waals surface area contributed by atoms with Crippen LogP contribution in [0.5, 0.6) is 0 Å². The SMILES string of the molecule is CCNc1ncc(S(=O)(=O)Nc2onc(C)c2C)cn1. The molecule has 0 saturated heterocycles. The standard InChI is InChI=1S/C11H15N5O3S/c1-4-12-11-13-5-9(6-14-11)20(17,18)16-10-7(2)8(3)15-19-10/h5-6,16H,4H2,1-3H3,(H,12,13,14). The van der Waals surface area contributed by atoms with E-state index in [0.717, 1.165) is 0 Å². The molecule has 0 aliphatic heterocycles. The van der Waals surface area contributed by atoms with Crippen molar-refractivity contribution in [2.45, 2.75) is 25.7 Å². The Morgan fingerprint density at radius 3 is 2.40 bits per heavy atom. The molecule has 2 heterocycles. The Hall–Kier alpha value is -2.16. The summed E-state index contributed by atoms with van der Waals surface area (Å²) in [7, 11) is -3.79. The van der Waals surface area contributed by atoms with Crippen LogP contribution < -0.4 is 10.0 Å². The zero-order valence-electron chi connectivity index (χ0n) is 11.3. The van der Waals surface area contributed by atoms with E-state index in [-0.39, 0.29) is 10.8 Å². The number of aryl methyl sites for hydroxylation is 1. The van der Waals surface area contributed by atoms with Crippen molar-refractivity contribution < 1.29 is 12.9 Å². The molecule has 0 spiro atoms. The van der Waals surface area contributed by atoms with Crippen molar-refractivity contribution in [3.8, 4) is 0 Å². The fraction of sp³-hybridized carbons (Fsp3) is 0.364. The second kappa shape index (κ2) is 5.45. The molecule has 2 aromatic heterocycles. The normalized spacial score (nSPS) is 11.3. The van der Waals surface area contributed by atoms with Crippen LogP contribution in [-0.4, -0.2) is 30.1 Å². The lowest BCUT2D eigenvalue weighted by Gasteiger charge is -2.06. The summed E-state index contributed by atoms with van der Waals surface area (Å²) in [4.78, 5) is 7.78. The van der Waals surface area contributed by atoms with Gasteiger partial charge in [-0.1, -0.05) is 5.16 Å². The molecule has 0 radical (unpaired) electrons. The number of nitrogens with zero attached hydrogens (tertiary/aromatic N) is 3. The minimum absolute atomic E-state index is 0.0485. The van der Waals surface area contributed by atoms with E-state index in [1.165, 1.54) is 12.4 Å². The first kappa shape index (κ1) is 14.3. The van der Waals surface area contributed by atoms with E-state index in [9.17, 15) is 8.42 Å². The summed E-state index contributed by atoms with van der Waals surface area (Å²) in [6.45, 7) is 5.99. The van der Waals surface area contributed by atoms with Gasteiger partial charge in [0.25, 0.3) is 10.0 Å². The predicted molar refractivity (Wildman–Crippen MR) is 73.0 cm³/mol. The molecule has 0 fully saturated rings. The summed E-state index contributed by atoms with van der Waals surface area (Å²) in [6, 6.07) is 0. The van der Waals surface area contributed by atoms with Crippen molar-refractivity contribution in [2.24, 2.45) is 0 Å². The van der Waals surface area contributed by atoms with Gasteiger partial charge in [-0.3, -0.25) is 0 Å². The van der Waals surface area contributed by atoms with Gasteiger partial charge >= 0.3 is 0 Å². The monoisotopic (exact) mass is 297 g/mol. The second-order valence-corrected chi connectivity index (χ2v) is 5.78. The number of hydrogen-bond donors (Lipinski definition) is 2. The van der Waals surface area contributed by atoms with Crippen LogP contribution in [0.25, 0.3) is 0 Å². The molecule has 20 heavy (non-hydrogen) atoms. The van der Waals surface area contributed by atoms with E-state index in [0.29, 0.717) is 23.8 Å². The van der Waals surface area contributed by atoms with Crippen LogP contribution in [0, 0.1) is 13.8 Å². The summed E-state index contributed by atoms with van der Waals surface area (Å²) in [5.41, 5.74) is 1.26. The first-order valence-electron chi connectivity index (χ1n) is 5.95. The molecule has 0 bridgehead atoms. The average Bonchev–Trinajstić information content (AvgIpc) is 2.71. The molecule has 0 unspecified atom stereocenters. The Kier molecular flexibility index (Phi) is 3.89. The van der Waals surface area contributed by atoms with Crippen molar-refractivity contribution in [1.82, 2.24) is 15.1 Å². The van der Waals surface area contributed by atoms with Crippen LogP contribution in [0.15, 0.2) is 21.8 Å². The molecule has 2 N–H and O–H groups in total. The van der Waals surface area contributed by atoms with E-state index in [2.05, 4.69) is 25.2 Å². The van der Waals surface area contributed by atoms with Gasteiger partial charge < -0.3 is 9.84 Å². The summed E-state index contributed by atoms with van der Waals surface area (Å²) in [6.07, 6.45) is 2.46. The first-order chi connectivity index (χ1) is 9.44. The van der Waals surface area contributed by atoms with Gasteiger partial charge in [0.2, 0.25) is 11.8 Å². The molecule has 108 valence electrons. The Balaban J connectivity index is 2.24. The van der Waals surface area contributed by atoms with E-state index >= 15 is 0 Å². The lowest BCUT2D eigenvalue weighted by Crippen LogP contribution is -2.14. The van der Waals surface area contributed by atoms with Crippen LogP contribution in [0.4, 0.5) is 11.8 Å². The number of rotatable bonds is 5. The van der Waals surface area contributed by atoms with Gasteiger partial charge in [0, 0.05) is 12.1 Å².